The fourth-order valence-corrected chi connectivity index (χ4v) is 4.61. The van der Waals surface area contributed by atoms with Crippen molar-refractivity contribution in [2.75, 3.05) is 17.7 Å². The van der Waals surface area contributed by atoms with E-state index in [0.29, 0.717) is 32.6 Å². The van der Waals surface area contributed by atoms with Gasteiger partial charge in [-0.25, -0.2) is 0 Å². The van der Waals surface area contributed by atoms with E-state index in [1.165, 1.54) is 11.3 Å². The van der Waals surface area contributed by atoms with E-state index in [-0.39, 0.29) is 11.8 Å². The van der Waals surface area contributed by atoms with Gasteiger partial charge < -0.3 is 15.4 Å². The van der Waals surface area contributed by atoms with Crippen LogP contribution in [-0.4, -0.2) is 18.9 Å². The van der Waals surface area contributed by atoms with Gasteiger partial charge in [0.05, 0.1) is 12.1 Å². The molecule has 31 heavy (non-hydrogen) atoms. The number of anilines is 2. The molecular weight excluding hydrogens is 432 g/mol. The van der Waals surface area contributed by atoms with E-state index >= 15 is 0 Å². The number of aryl methyl sites for hydroxylation is 1. The first-order valence-electron chi connectivity index (χ1n) is 9.50. The van der Waals surface area contributed by atoms with Gasteiger partial charge in [-0.15, -0.1) is 11.3 Å². The lowest BCUT2D eigenvalue weighted by Crippen LogP contribution is -2.13. The van der Waals surface area contributed by atoms with Gasteiger partial charge in [0, 0.05) is 27.0 Å². The second-order valence-electron chi connectivity index (χ2n) is 6.91. The lowest BCUT2D eigenvalue weighted by Gasteiger charge is -2.09. The normalized spacial score (nSPS) is 10.7. The monoisotopic (exact) mass is 450 g/mol. The van der Waals surface area contributed by atoms with Crippen LogP contribution in [0.5, 0.6) is 5.75 Å². The van der Waals surface area contributed by atoms with E-state index in [9.17, 15) is 9.59 Å². The van der Waals surface area contributed by atoms with Crippen molar-refractivity contribution < 1.29 is 14.3 Å². The number of hydrogen-bond acceptors (Lipinski definition) is 4. The van der Waals surface area contributed by atoms with E-state index in [4.69, 9.17) is 16.3 Å². The van der Waals surface area contributed by atoms with Crippen molar-refractivity contribution in [1.82, 2.24) is 0 Å². The highest BCUT2D eigenvalue weighted by molar-refractivity contribution is 7.21. The molecule has 2 N–H and O–H groups in total. The SMILES string of the molecule is COc1ccc2c(Cl)c(C(=O)Nc3ccc(NC(=O)c4ccccc4C)cc3)sc2c1. The average Bonchev–Trinajstić information content (AvgIpc) is 3.11. The molecule has 0 unspecified atom stereocenters. The highest BCUT2D eigenvalue weighted by atomic mass is 35.5. The second-order valence-corrected chi connectivity index (χ2v) is 8.34. The number of rotatable bonds is 5. The number of benzene rings is 3. The Morgan fingerprint density at radius 1 is 0.903 bits per heavy atom. The van der Waals surface area contributed by atoms with Gasteiger partial charge in [-0.2, -0.15) is 0 Å². The third-order valence-electron chi connectivity index (χ3n) is 4.83. The summed E-state index contributed by atoms with van der Waals surface area (Å²) in [4.78, 5) is 25.6. The smallest absolute Gasteiger partial charge is 0.267 e. The Morgan fingerprint density at radius 3 is 2.19 bits per heavy atom. The van der Waals surface area contributed by atoms with Crippen LogP contribution in [0.4, 0.5) is 11.4 Å². The lowest BCUT2D eigenvalue weighted by molar-refractivity contribution is 0.101. The molecule has 0 aliphatic rings. The first-order chi connectivity index (χ1) is 15.0. The average molecular weight is 451 g/mol. The number of halogens is 1. The van der Waals surface area contributed by atoms with Crippen molar-refractivity contribution in [3.05, 3.63) is 87.8 Å². The Balaban J connectivity index is 1.47. The second kappa shape index (κ2) is 8.79. The van der Waals surface area contributed by atoms with E-state index in [2.05, 4.69) is 10.6 Å². The van der Waals surface area contributed by atoms with Gasteiger partial charge >= 0.3 is 0 Å². The van der Waals surface area contributed by atoms with Gasteiger partial charge in [0.2, 0.25) is 0 Å². The molecule has 0 aliphatic carbocycles. The molecule has 4 rings (SSSR count). The van der Waals surface area contributed by atoms with Crippen LogP contribution in [0.2, 0.25) is 5.02 Å². The predicted molar refractivity (Wildman–Crippen MR) is 127 cm³/mol. The zero-order valence-electron chi connectivity index (χ0n) is 16.9. The quantitative estimate of drug-likeness (QED) is 0.371. The van der Waals surface area contributed by atoms with E-state index in [0.717, 1.165) is 15.6 Å². The first-order valence-corrected chi connectivity index (χ1v) is 10.7. The molecule has 0 saturated heterocycles. The number of carbonyl (C=O) groups is 2. The highest BCUT2D eigenvalue weighted by Crippen LogP contribution is 2.37. The Bertz CT molecular complexity index is 1280. The maximum absolute atomic E-state index is 12.8. The number of methoxy groups -OCH3 is 1. The number of carbonyl (C=O) groups excluding carboxylic acids is 2. The van der Waals surface area contributed by atoms with Gasteiger partial charge in [0.1, 0.15) is 10.6 Å². The van der Waals surface area contributed by atoms with Gasteiger partial charge in [-0.3, -0.25) is 9.59 Å². The summed E-state index contributed by atoms with van der Waals surface area (Å²) in [6.07, 6.45) is 0. The molecule has 1 aromatic heterocycles. The summed E-state index contributed by atoms with van der Waals surface area (Å²) in [5, 5.41) is 6.95. The Labute approximate surface area is 188 Å². The fourth-order valence-electron chi connectivity index (χ4n) is 3.17. The molecule has 3 aromatic carbocycles. The van der Waals surface area contributed by atoms with Gasteiger partial charge in [-0.05, 0) is 61.0 Å². The fraction of sp³-hybridized carbons (Fsp3) is 0.0833. The molecule has 7 heteroatoms. The van der Waals surface area contributed by atoms with Crippen LogP contribution in [0.3, 0.4) is 0 Å². The number of thiophene rings is 1. The summed E-state index contributed by atoms with van der Waals surface area (Å²) in [6, 6.07) is 19.8. The standard InChI is InChI=1S/C24H19ClN2O3S/c1-14-5-3-4-6-18(14)23(28)26-15-7-9-16(10-8-15)27-24(29)22-21(25)19-12-11-17(30-2)13-20(19)31-22/h3-13H,1-2H3,(H,26,28)(H,27,29). The van der Waals surface area contributed by atoms with Crippen LogP contribution in [0.1, 0.15) is 25.6 Å². The number of hydrogen-bond donors (Lipinski definition) is 2. The number of nitrogens with one attached hydrogen (secondary N) is 2. The van der Waals surface area contributed by atoms with E-state index < -0.39 is 0 Å². The number of amides is 2. The summed E-state index contributed by atoms with van der Waals surface area (Å²) in [5.41, 5.74) is 2.76. The van der Waals surface area contributed by atoms with E-state index in [1.54, 1.807) is 37.4 Å². The predicted octanol–water partition coefficient (Wildman–Crippen LogP) is 6.38. The molecule has 0 spiro atoms. The van der Waals surface area contributed by atoms with Crippen LogP contribution in [0.15, 0.2) is 66.7 Å². The van der Waals surface area contributed by atoms with Crippen molar-refractivity contribution in [1.29, 1.82) is 0 Å². The largest absolute Gasteiger partial charge is 0.497 e. The first kappa shape index (κ1) is 20.9. The molecule has 0 atom stereocenters. The Morgan fingerprint density at radius 2 is 1.55 bits per heavy atom. The van der Waals surface area contributed by atoms with Crippen LogP contribution >= 0.6 is 22.9 Å². The zero-order chi connectivity index (χ0) is 22.0. The highest BCUT2D eigenvalue weighted by Gasteiger charge is 2.18. The molecule has 5 nitrogen and oxygen atoms in total. The van der Waals surface area contributed by atoms with Gasteiger partial charge in [0.25, 0.3) is 11.8 Å². The minimum absolute atomic E-state index is 0.178. The summed E-state index contributed by atoms with van der Waals surface area (Å²) in [6.45, 7) is 1.89. The zero-order valence-corrected chi connectivity index (χ0v) is 18.4. The lowest BCUT2D eigenvalue weighted by atomic mass is 10.1. The maximum atomic E-state index is 12.8. The van der Waals surface area contributed by atoms with Crippen LogP contribution in [-0.2, 0) is 0 Å². The summed E-state index contributed by atoms with van der Waals surface area (Å²) < 4.78 is 6.11. The van der Waals surface area contributed by atoms with Crippen molar-refractivity contribution in [2.24, 2.45) is 0 Å². The third-order valence-corrected chi connectivity index (χ3v) is 6.49. The van der Waals surface area contributed by atoms with Crippen LogP contribution in [0, 0.1) is 6.92 Å². The molecule has 0 saturated carbocycles. The van der Waals surface area contributed by atoms with Crippen molar-refractivity contribution in [3.63, 3.8) is 0 Å². The molecule has 156 valence electrons. The topological polar surface area (TPSA) is 67.4 Å². The minimum atomic E-state index is -0.290. The minimum Gasteiger partial charge on any atom is -0.497 e. The molecule has 2 amide bonds. The molecule has 0 radical (unpaired) electrons. The molecule has 0 bridgehead atoms. The third kappa shape index (κ3) is 4.40. The summed E-state index contributed by atoms with van der Waals surface area (Å²) in [5.74, 6) is 0.241. The number of fused-ring (bicyclic) bond motifs is 1. The number of ether oxygens (including phenoxy) is 1. The van der Waals surface area contributed by atoms with Crippen LogP contribution in [0.25, 0.3) is 10.1 Å². The maximum Gasteiger partial charge on any atom is 0.267 e. The molecule has 1 heterocycles. The molecule has 0 aliphatic heterocycles. The van der Waals surface area contributed by atoms with E-state index in [1.807, 2.05) is 43.3 Å². The van der Waals surface area contributed by atoms with Gasteiger partial charge in [-0.1, -0.05) is 29.8 Å². The van der Waals surface area contributed by atoms with Crippen molar-refractivity contribution in [2.45, 2.75) is 6.92 Å². The van der Waals surface area contributed by atoms with Crippen molar-refractivity contribution in [3.8, 4) is 5.75 Å². The molecular formula is C24H19ClN2O3S. The molecule has 0 fully saturated rings. The summed E-state index contributed by atoms with van der Waals surface area (Å²) in [7, 11) is 1.59. The Kier molecular flexibility index (Phi) is 5.93. The molecule has 4 aromatic rings. The van der Waals surface area contributed by atoms with Gasteiger partial charge in [0.15, 0.2) is 0 Å². The summed E-state index contributed by atoms with van der Waals surface area (Å²) >= 11 is 7.74. The van der Waals surface area contributed by atoms with Crippen LogP contribution < -0.4 is 15.4 Å². The van der Waals surface area contributed by atoms with Crippen molar-refractivity contribution >= 4 is 56.2 Å². The Hall–Kier alpha value is -3.35.